The number of hydrogen-bond donors (Lipinski definition) is 1. The second kappa shape index (κ2) is 6.89. The largest absolute Gasteiger partial charge is 0.378 e. The first-order valence-electron chi connectivity index (χ1n) is 7.28. The number of halogens is 1. The zero-order valence-corrected chi connectivity index (χ0v) is 14.8. The highest BCUT2D eigenvalue weighted by atomic mass is 127. The van der Waals surface area contributed by atoms with E-state index in [1.54, 1.807) is 27.9 Å². The zero-order chi connectivity index (χ0) is 16.4. The molecule has 1 aliphatic rings. The second-order valence-electron chi connectivity index (χ2n) is 5.25. The molecule has 2 N–H and O–H groups in total. The Morgan fingerprint density at radius 2 is 2.13 bits per heavy atom. The van der Waals surface area contributed by atoms with Crippen molar-refractivity contribution in [2.24, 2.45) is 5.73 Å². The Hall–Kier alpha value is -1.59. The number of nitrogens with two attached hydrogens (primary N) is 1. The van der Waals surface area contributed by atoms with Crippen LogP contribution in [0.5, 0.6) is 0 Å². The summed E-state index contributed by atoms with van der Waals surface area (Å²) in [5, 5.41) is 4.30. The lowest BCUT2D eigenvalue weighted by atomic mass is 10.2. The summed E-state index contributed by atoms with van der Waals surface area (Å²) in [6.45, 7) is 4.21. The Morgan fingerprint density at radius 3 is 2.74 bits per heavy atom. The van der Waals surface area contributed by atoms with Gasteiger partial charge in [0.25, 0.3) is 5.91 Å². The molecule has 0 spiro atoms. The van der Waals surface area contributed by atoms with Gasteiger partial charge in [0.1, 0.15) is 0 Å². The van der Waals surface area contributed by atoms with Crippen molar-refractivity contribution < 1.29 is 9.53 Å². The normalized spacial score (nSPS) is 16.4. The monoisotopic (exact) mass is 428 g/mol. The van der Waals surface area contributed by atoms with E-state index >= 15 is 0 Å². The molecule has 1 saturated heterocycles. The smallest absolute Gasteiger partial charge is 0.255 e. The Morgan fingerprint density at radius 1 is 1.39 bits per heavy atom. The predicted molar refractivity (Wildman–Crippen MR) is 91.2 cm³/mol. The van der Waals surface area contributed by atoms with E-state index in [1.807, 2.05) is 29.5 Å². The number of aromatic nitrogens is 4. The lowest BCUT2D eigenvalue weighted by molar-refractivity contribution is 0.0302. The highest BCUT2D eigenvalue weighted by Crippen LogP contribution is 2.15. The van der Waals surface area contributed by atoms with Crippen LogP contribution in [0.1, 0.15) is 29.1 Å². The second-order valence-corrected chi connectivity index (χ2v) is 6.21. The van der Waals surface area contributed by atoms with Crippen LogP contribution in [0.15, 0.2) is 18.3 Å². The number of amides is 1. The fraction of sp³-hybridized carbons (Fsp3) is 0.429. The number of ether oxygens (including phenoxy) is 1. The number of carbonyl (C=O) groups excluding carboxylic acids is 1. The van der Waals surface area contributed by atoms with Crippen molar-refractivity contribution in [3.63, 3.8) is 0 Å². The van der Waals surface area contributed by atoms with Gasteiger partial charge in [-0.1, -0.05) is 0 Å². The number of pyridine rings is 1. The summed E-state index contributed by atoms with van der Waals surface area (Å²) in [4.78, 5) is 22.8. The molecule has 0 aliphatic carbocycles. The number of morpholine rings is 1. The van der Waals surface area contributed by atoms with Crippen LogP contribution in [0.2, 0.25) is 0 Å². The molecular formula is C14H17IN6O2. The predicted octanol–water partition coefficient (Wildman–Crippen LogP) is 0.759. The first-order chi connectivity index (χ1) is 11.1. The van der Waals surface area contributed by atoms with Crippen molar-refractivity contribution >= 4 is 28.5 Å². The summed E-state index contributed by atoms with van der Waals surface area (Å²) in [7, 11) is 0. The molecule has 0 aromatic carbocycles. The van der Waals surface area contributed by atoms with Gasteiger partial charge >= 0.3 is 0 Å². The zero-order valence-electron chi connectivity index (χ0n) is 12.6. The molecule has 9 heteroatoms. The molecule has 0 saturated carbocycles. The number of carbonyl (C=O) groups is 1. The third kappa shape index (κ3) is 3.51. The number of hydrogen-bond acceptors (Lipinski definition) is 6. The molecule has 3 heterocycles. The fourth-order valence-electron chi connectivity index (χ4n) is 2.35. The van der Waals surface area contributed by atoms with E-state index in [2.05, 4.69) is 15.1 Å². The molecule has 1 aliphatic heterocycles. The van der Waals surface area contributed by atoms with Crippen LogP contribution >= 0.6 is 22.6 Å². The molecule has 122 valence electrons. The van der Waals surface area contributed by atoms with Gasteiger partial charge in [0.2, 0.25) is 3.83 Å². The summed E-state index contributed by atoms with van der Waals surface area (Å²) in [5.74, 6) is 1.19. The van der Waals surface area contributed by atoms with Gasteiger partial charge in [-0.25, -0.2) is 9.97 Å². The Kier molecular flexibility index (Phi) is 4.87. The number of nitrogens with zero attached hydrogens (tertiary/aromatic N) is 5. The molecule has 3 rings (SSSR count). The van der Waals surface area contributed by atoms with Crippen molar-refractivity contribution in [1.29, 1.82) is 0 Å². The van der Waals surface area contributed by atoms with Gasteiger partial charge in [0.05, 0.1) is 24.8 Å². The highest BCUT2D eigenvalue weighted by molar-refractivity contribution is 14.1. The molecule has 0 radical (unpaired) electrons. The van der Waals surface area contributed by atoms with Gasteiger partial charge in [-0.3, -0.25) is 4.79 Å². The van der Waals surface area contributed by atoms with Crippen molar-refractivity contribution in [2.75, 3.05) is 26.3 Å². The Bertz CT molecular complexity index is 694. The minimum atomic E-state index is -0.262. The van der Waals surface area contributed by atoms with Crippen molar-refractivity contribution in [2.45, 2.75) is 13.0 Å². The van der Waals surface area contributed by atoms with Crippen molar-refractivity contribution in [1.82, 2.24) is 24.6 Å². The topological polar surface area (TPSA) is 99.2 Å². The number of rotatable bonds is 3. The first-order valence-corrected chi connectivity index (χ1v) is 8.35. The average molecular weight is 428 g/mol. The van der Waals surface area contributed by atoms with Crippen molar-refractivity contribution in [3.8, 4) is 5.82 Å². The molecule has 2 aromatic rings. The summed E-state index contributed by atoms with van der Waals surface area (Å²) in [6.07, 6.45) is 1.56. The van der Waals surface area contributed by atoms with Crippen LogP contribution in [0.25, 0.3) is 5.82 Å². The summed E-state index contributed by atoms with van der Waals surface area (Å²) in [6, 6.07) is 3.24. The molecule has 1 unspecified atom stereocenters. The maximum atomic E-state index is 12.4. The van der Waals surface area contributed by atoms with E-state index in [1.165, 1.54) is 0 Å². The summed E-state index contributed by atoms with van der Waals surface area (Å²) < 4.78 is 7.47. The third-order valence-corrected chi connectivity index (χ3v) is 3.98. The maximum absolute atomic E-state index is 12.4. The van der Waals surface area contributed by atoms with Gasteiger partial charge < -0.3 is 15.4 Å². The minimum absolute atomic E-state index is 0.0343. The van der Waals surface area contributed by atoms with E-state index in [0.717, 1.165) is 0 Å². The summed E-state index contributed by atoms with van der Waals surface area (Å²) >= 11 is 2.03. The SMILES string of the molecule is CC(N)c1nc(I)nn1-c1ccc(C(=O)N2CCOCC2)cn1. The molecule has 1 fully saturated rings. The quantitative estimate of drug-likeness (QED) is 0.725. The van der Waals surface area contributed by atoms with Gasteiger partial charge in [-0.2, -0.15) is 4.68 Å². The molecule has 23 heavy (non-hydrogen) atoms. The Labute approximate surface area is 147 Å². The van der Waals surface area contributed by atoms with Crippen LogP contribution in [0.4, 0.5) is 0 Å². The summed E-state index contributed by atoms with van der Waals surface area (Å²) in [5.41, 5.74) is 6.46. The van der Waals surface area contributed by atoms with E-state index in [-0.39, 0.29) is 11.9 Å². The minimum Gasteiger partial charge on any atom is -0.378 e. The van der Waals surface area contributed by atoms with Crippen LogP contribution < -0.4 is 5.73 Å². The molecular weight excluding hydrogens is 411 g/mol. The molecule has 1 amide bonds. The maximum Gasteiger partial charge on any atom is 0.255 e. The standard InChI is InChI=1S/C14H17IN6O2/c1-9(16)12-18-14(15)19-21(12)11-3-2-10(8-17-11)13(22)20-4-6-23-7-5-20/h2-3,8-9H,4-7,16H2,1H3. The van der Waals surface area contributed by atoms with Crippen LogP contribution in [-0.4, -0.2) is 56.9 Å². The van der Waals surface area contributed by atoms with E-state index in [4.69, 9.17) is 10.5 Å². The molecule has 8 nitrogen and oxygen atoms in total. The molecule has 1 atom stereocenters. The van der Waals surface area contributed by atoms with E-state index < -0.39 is 0 Å². The van der Waals surface area contributed by atoms with Crippen LogP contribution in [0, 0.1) is 3.83 Å². The fourth-order valence-corrected chi connectivity index (χ4v) is 2.81. The third-order valence-electron chi connectivity index (χ3n) is 3.52. The lowest BCUT2D eigenvalue weighted by Gasteiger charge is -2.26. The highest BCUT2D eigenvalue weighted by Gasteiger charge is 2.20. The Balaban J connectivity index is 1.83. The molecule has 2 aromatic heterocycles. The van der Waals surface area contributed by atoms with Gasteiger partial charge in [0.15, 0.2) is 11.6 Å². The lowest BCUT2D eigenvalue weighted by Crippen LogP contribution is -2.40. The van der Waals surface area contributed by atoms with Gasteiger partial charge in [-0.15, -0.1) is 5.10 Å². The molecule has 0 bridgehead atoms. The first kappa shape index (κ1) is 16.3. The van der Waals surface area contributed by atoms with Gasteiger partial charge in [0, 0.05) is 41.9 Å². The van der Waals surface area contributed by atoms with Gasteiger partial charge in [-0.05, 0) is 19.1 Å². The average Bonchev–Trinajstić information content (AvgIpc) is 2.97. The van der Waals surface area contributed by atoms with E-state index in [0.29, 0.717) is 47.3 Å². The van der Waals surface area contributed by atoms with Crippen LogP contribution in [0.3, 0.4) is 0 Å². The van der Waals surface area contributed by atoms with Crippen molar-refractivity contribution in [3.05, 3.63) is 33.5 Å². The van der Waals surface area contributed by atoms with Crippen LogP contribution in [-0.2, 0) is 4.74 Å². The van der Waals surface area contributed by atoms with E-state index in [9.17, 15) is 4.79 Å².